The summed E-state index contributed by atoms with van der Waals surface area (Å²) in [5.74, 6) is 0.187. The van der Waals surface area contributed by atoms with E-state index in [0.717, 1.165) is 0 Å². The van der Waals surface area contributed by atoms with Crippen molar-refractivity contribution < 1.29 is 35.7 Å². The minimum atomic E-state index is -1.29. The fourth-order valence-electron chi connectivity index (χ4n) is 2.00. The second-order valence-corrected chi connectivity index (χ2v) is 7.12. The zero-order valence-corrected chi connectivity index (χ0v) is 15.7. The van der Waals surface area contributed by atoms with E-state index in [-0.39, 0.29) is 5.92 Å². The van der Waals surface area contributed by atoms with Gasteiger partial charge < -0.3 is 35.7 Å². The molecule has 0 aromatic heterocycles. The Hall–Kier alpha value is -0.280. The lowest BCUT2D eigenvalue weighted by Gasteiger charge is -2.26. The normalized spacial score (nSPS) is 20.6. The molecule has 0 heterocycles. The summed E-state index contributed by atoms with van der Waals surface area (Å²) >= 11 is 0. The third-order valence-corrected chi connectivity index (χ3v) is 3.80. The molecule has 0 fully saturated rings. The Bertz CT molecular complexity index is 283. The topological polar surface area (TPSA) is 142 Å². The molecular weight excluding hydrogens is 316 g/mol. The highest BCUT2D eigenvalue weighted by molar-refractivity contribution is 4.80. The van der Waals surface area contributed by atoms with Crippen LogP contribution in [0.1, 0.15) is 54.4 Å². The highest BCUT2D eigenvalue weighted by Crippen LogP contribution is 2.12. The largest absolute Gasteiger partial charge is 0.391 e. The van der Waals surface area contributed by atoms with Gasteiger partial charge in [0.2, 0.25) is 0 Å². The molecule has 0 saturated heterocycles. The SMILES string of the molecule is CC(C)[C@H](O)[C@H](O)[C@@H](O)[C@H](C)O.CC[C@H](O)[C@H](O)[C@H](O)CC(C)C. The first kappa shape index (κ1) is 26.0. The first-order chi connectivity index (χ1) is 10.9. The predicted molar refractivity (Wildman–Crippen MR) is 92.3 cm³/mol. The summed E-state index contributed by atoms with van der Waals surface area (Å²) in [5, 5.41) is 64.5. The second-order valence-electron chi connectivity index (χ2n) is 7.12. The zero-order chi connectivity index (χ0) is 19.6. The van der Waals surface area contributed by atoms with Gasteiger partial charge in [-0.25, -0.2) is 0 Å². The first-order valence-corrected chi connectivity index (χ1v) is 8.63. The summed E-state index contributed by atoms with van der Waals surface area (Å²) < 4.78 is 0. The molecule has 0 aliphatic carbocycles. The summed E-state index contributed by atoms with van der Waals surface area (Å²) in [6, 6.07) is 0. The maximum absolute atomic E-state index is 9.38. The van der Waals surface area contributed by atoms with Crippen LogP contribution in [0.5, 0.6) is 0 Å². The Kier molecular flexibility index (Phi) is 14.1. The van der Waals surface area contributed by atoms with E-state index < -0.39 is 42.7 Å². The van der Waals surface area contributed by atoms with E-state index in [4.69, 9.17) is 10.2 Å². The first-order valence-electron chi connectivity index (χ1n) is 8.63. The number of rotatable bonds is 9. The van der Waals surface area contributed by atoms with Crippen molar-refractivity contribution in [3.8, 4) is 0 Å². The van der Waals surface area contributed by atoms with Crippen molar-refractivity contribution in [3.63, 3.8) is 0 Å². The third kappa shape index (κ3) is 10.6. The summed E-state index contributed by atoms with van der Waals surface area (Å²) in [7, 11) is 0. The Morgan fingerprint density at radius 2 is 1.04 bits per heavy atom. The van der Waals surface area contributed by atoms with Gasteiger partial charge in [-0.3, -0.25) is 0 Å². The fraction of sp³-hybridized carbons (Fsp3) is 1.00. The van der Waals surface area contributed by atoms with Crippen LogP contribution in [0.15, 0.2) is 0 Å². The summed E-state index contributed by atoms with van der Waals surface area (Å²) in [6.45, 7) is 10.5. The van der Waals surface area contributed by atoms with E-state index in [1.807, 2.05) is 13.8 Å². The molecule has 0 saturated carbocycles. The van der Waals surface area contributed by atoms with Crippen LogP contribution in [0.4, 0.5) is 0 Å². The van der Waals surface area contributed by atoms with Gasteiger partial charge in [0.1, 0.15) is 18.3 Å². The number of aliphatic hydroxyl groups excluding tert-OH is 7. The van der Waals surface area contributed by atoms with Crippen LogP contribution in [0.2, 0.25) is 0 Å². The lowest BCUT2D eigenvalue weighted by Crippen LogP contribution is -2.45. The molecule has 0 aliphatic rings. The van der Waals surface area contributed by atoms with Gasteiger partial charge in [0.05, 0.1) is 24.4 Å². The van der Waals surface area contributed by atoms with E-state index in [9.17, 15) is 25.5 Å². The van der Waals surface area contributed by atoms with E-state index in [1.54, 1.807) is 20.8 Å². The van der Waals surface area contributed by atoms with Gasteiger partial charge in [0, 0.05) is 0 Å². The van der Waals surface area contributed by atoms with Crippen LogP contribution in [0.3, 0.4) is 0 Å². The standard InChI is InChI=1S/C9H20O3.C8H18O4/c1-4-7(10)9(12)8(11)5-6(2)3;1-4(2)6(10)8(12)7(11)5(3)9/h6-12H,4-5H2,1-3H3;4-12H,1-3H3/t7-,8+,9-;5-,6-,7-,8-/m00/s1. The molecule has 7 heteroatoms. The molecule has 148 valence electrons. The van der Waals surface area contributed by atoms with Crippen molar-refractivity contribution in [1.82, 2.24) is 0 Å². The molecule has 0 unspecified atom stereocenters. The van der Waals surface area contributed by atoms with Crippen LogP contribution in [-0.4, -0.2) is 78.5 Å². The maximum Gasteiger partial charge on any atom is 0.108 e. The zero-order valence-electron chi connectivity index (χ0n) is 15.7. The average molecular weight is 354 g/mol. The minimum absolute atomic E-state index is 0.145. The van der Waals surface area contributed by atoms with Crippen LogP contribution in [0.25, 0.3) is 0 Å². The van der Waals surface area contributed by atoms with Crippen LogP contribution in [0, 0.1) is 11.8 Å². The highest BCUT2D eigenvalue weighted by Gasteiger charge is 2.29. The predicted octanol–water partition coefficient (Wildman–Crippen LogP) is -0.369. The fourth-order valence-corrected chi connectivity index (χ4v) is 2.00. The maximum atomic E-state index is 9.38. The molecule has 0 bridgehead atoms. The molecule has 0 aromatic carbocycles. The molecule has 7 N–H and O–H groups in total. The van der Waals surface area contributed by atoms with Crippen LogP contribution in [-0.2, 0) is 0 Å². The van der Waals surface area contributed by atoms with E-state index in [0.29, 0.717) is 18.8 Å². The lowest BCUT2D eigenvalue weighted by molar-refractivity contribution is -0.111. The monoisotopic (exact) mass is 354 g/mol. The quantitative estimate of drug-likeness (QED) is 0.299. The van der Waals surface area contributed by atoms with E-state index in [2.05, 4.69) is 0 Å². The van der Waals surface area contributed by atoms with Gasteiger partial charge in [0.15, 0.2) is 0 Å². The van der Waals surface area contributed by atoms with Crippen LogP contribution < -0.4 is 0 Å². The van der Waals surface area contributed by atoms with Crippen LogP contribution >= 0.6 is 0 Å². The lowest BCUT2D eigenvalue weighted by atomic mass is 9.96. The van der Waals surface area contributed by atoms with E-state index >= 15 is 0 Å². The van der Waals surface area contributed by atoms with Crippen molar-refractivity contribution in [2.24, 2.45) is 11.8 Å². The van der Waals surface area contributed by atoms with Gasteiger partial charge in [-0.05, 0) is 31.6 Å². The molecule has 0 rings (SSSR count). The number of hydrogen-bond donors (Lipinski definition) is 7. The van der Waals surface area contributed by atoms with Gasteiger partial charge in [0.25, 0.3) is 0 Å². The van der Waals surface area contributed by atoms with Crippen molar-refractivity contribution >= 4 is 0 Å². The Balaban J connectivity index is 0. The Morgan fingerprint density at radius 3 is 1.33 bits per heavy atom. The van der Waals surface area contributed by atoms with Gasteiger partial charge >= 0.3 is 0 Å². The van der Waals surface area contributed by atoms with E-state index in [1.165, 1.54) is 6.92 Å². The summed E-state index contributed by atoms with van der Waals surface area (Å²) in [5.41, 5.74) is 0. The number of hydrogen-bond acceptors (Lipinski definition) is 7. The van der Waals surface area contributed by atoms with Crippen molar-refractivity contribution in [2.45, 2.75) is 97.1 Å². The van der Waals surface area contributed by atoms with Crippen molar-refractivity contribution in [3.05, 3.63) is 0 Å². The second kappa shape index (κ2) is 13.0. The van der Waals surface area contributed by atoms with Gasteiger partial charge in [-0.1, -0.05) is 34.6 Å². The van der Waals surface area contributed by atoms with Gasteiger partial charge in [-0.15, -0.1) is 0 Å². The van der Waals surface area contributed by atoms with Crippen molar-refractivity contribution in [1.29, 1.82) is 0 Å². The van der Waals surface area contributed by atoms with Gasteiger partial charge in [-0.2, -0.15) is 0 Å². The summed E-state index contributed by atoms with van der Waals surface area (Å²) in [6.07, 6.45) is -6.24. The molecular formula is C17H38O7. The molecule has 0 aromatic rings. The Labute approximate surface area is 145 Å². The molecule has 0 radical (unpaired) electrons. The minimum Gasteiger partial charge on any atom is -0.391 e. The molecule has 0 amide bonds. The van der Waals surface area contributed by atoms with Crippen molar-refractivity contribution in [2.75, 3.05) is 0 Å². The molecule has 24 heavy (non-hydrogen) atoms. The third-order valence-electron chi connectivity index (χ3n) is 3.80. The molecule has 0 aliphatic heterocycles. The highest BCUT2D eigenvalue weighted by atomic mass is 16.4. The molecule has 0 spiro atoms. The molecule has 7 nitrogen and oxygen atoms in total. The number of aliphatic hydroxyl groups is 7. The smallest absolute Gasteiger partial charge is 0.108 e. The molecule has 7 atom stereocenters. The Morgan fingerprint density at radius 1 is 0.583 bits per heavy atom. The average Bonchev–Trinajstić information content (AvgIpc) is 2.50. The summed E-state index contributed by atoms with van der Waals surface area (Å²) in [4.78, 5) is 0.